The first-order valence-electron chi connectivity index (χ1n) is 5.61. The van der Waals surface area contributed by atoms with E-state index < -0.39 is 10.7 Å². The topological polar surface area (TPSA) is 78.4 Å². The van der Waals surface area contributed by atoms with Gasteiger partial charge in [0.05, 0.1) is 9.40 Å². The highest BCUT2D eigenvalue weighted by molar-refractivity contribution is 9.10. The lowest BCUT2D eigenvalue weighted by Gasteiger charge is -2.09. The third kappa shape index (κ3) is 3.12. The summed E-state index contributed by atoms with van der Waals surface area (Å²) in [5, 5.41) is 11.0. The summed E-state index contributed by atoms with van der Waals surface area (Å²) < 4.78 is 19.2. The molecule has 2 rings (SSSR count). The molecule has 0 aliphatic carbocycles. The van der Waals surface area contributed by atoms with E-state index in [9.17, 15) is 14.5 Å². The Morgan fingerprint density at radius 1 is 1.35 bits per heavy atom. The van der Waals surface area contributed by atoms with Gasteiger partial charge in [-0.3, -0.25) is 10.1 Å². The van der Waals surface area contributed by atoms with E-state index in [1.165, 1.54) is 24.3 Å². The molecule has 0 spiro atoms. The van der Waals surface area contributed by atoms with Crippen molar-refractivity contribution >= 4 is 21.6 Å². The number of hydrogen-bond donors (Lipinski definition) is 1. The second-order valence-electron chi connectivity index (χ2n) is 3.95. The highest BCUT2D eigenvalue weighted by Gasteiger charge is 2.19. The molecule has 2 aromatic carbocycles. The highest BCUT2D eigenvalue weighted by Crippen LogP contribution is 2.38. The summed E-state index contributed by atoms with van der Waals surface area (Å²) in [7, 11) is 0. The number of nitrogens with zero attached hydrogens (tertiary/aromatic N) is 1. The molecule has 20 heavy (non-hydrogen) atoms. The van der Waals surface area contributed by atoms with Crippen LogP contribution in [0.4, 0.5) is 10.1 Å². The van der Waals surface area contributed by atoms with Gasteiger partial charge in [0, 0.05) is 18.7 Å². The first kappa shape index (κ1) is 14.4. The largest absolute Gasteiger partial charge is 0.449 e. The molecule has 0 saturated carbocycles. The van der Waals surface area contributed by atoms with Gasteiger partial charge < -0.3 is 10.5 Å². The molecule has 0 aliphatic heterocycles. The number of rotatable bonds is 4. The Labute approximate surface area is 122 Å². The van der Waals surface area contributed by atoms with Crippen molar-refractivity contribution in [1.29, 1.82) is 0 Å². The smallest absolute Gasteiger partial charge is 0.312 e. The van der Waals surface area contributed by atoms with Crippen LogP contribution in [-0.4, -0.2) is 4.92 Å². The van der Waals surface area contributed by atoms with Crippen molar-refractivity contribution in [2.24, 2.45) is 5.73 Å². The molecule has 0 aliphatic rings. The van der Waals surface area contributed by atoms with E-state index in [0.29, 0.717) is 10.0 Å². The number of hydrogen-bond acceptors (Lipinski definition) is 4. The van der Waals surface area contributed by atoms with E-state index in [4.69, 9.17) is 10.5 Å². The number of nitrogens with two attached hydrogens (primary N) is 1. The molecule has 0 saturated heterocycles. The average molecular weight is 341 g/mol. The maximum atomic E-state index is 13.4. The van der Waals surface area contributed by atoms with Crippen LogP contribution in [0.2, 0.25) is 0 Å². The van der Waals surface area contributed by atoms with Crippen molar-refractivity contribution in [3.63, 3.8) is 0 Å². The number of para-hydroxylation sites is 1. The predicted molar refractivity (Wildman–Crippen MR) is 75.2 cm³/mol. The second kappa shape index (κ2) is 5.98. The summed E-state index contributed by atoms with van der Waals surface area (Å²) in [6, 6.07) is 8.39. The summed E-state index contributed by atoms with van der Waals surface area (Å²) in [5.74, 6) is -0.343. The predicted octanol–water partition coefficient (Wildman–Crippen LogP) is 3.75. The molecule has 0 radical (unpaired) electrons. The maximum Gasteiger partial charge on any atom is 0.312 e. The number of benzene rings is 2. The molecular weight excluding hydrogens is 331 g/mol. The van der Waals surface area contributed by atoms with Crippen molar-refractivity contribution < 1.29 is 14.1 Å². The van der Waals surface area contributed by atoms with Crippen molar-refractivity contribution in [2.45, 2.75) is 6.54 Å². The molecule has 0 heterocycles. The van der Waals surface area contributed by atoms with Gasteiger partial charge in [0.25, 0.3) is 0 Å². The van der Waals surface area contributed by atoms with Crippen LogP contribution >= 0.6 is 15.9 Å². The van der Waals surface area contributed by atoms with Crippen molar-refractivity contribution in [1.82, 2.24) is 0 Å². The van der Waals surface area contributed by atoms with E-state index >= 15 is 0 Å². The molecule has 2 N–H and O–H groups in total. The molecule has 7 heteroatoms. The van der Waals surface area contributed by atoms with E-state index in [2.05, 4.69) is 15.9 Å². The van der Waals surface area contributed by atoms with Crippen LogP contribution in [0, 0.1) is 15.9 Å². The van der Waals surface area contributed by atoms with Gasteiger partial charge in [-0.1, -0.05) is 6.07 Å². The fourth-order valence-corrected chi connectivity index (χ4v) is 2.09. The van der Waals surface area contributed by atoms with E-state index in [1.54, 1.807) is 6.07 Å². The summed E-state index contributed by atoms with van der Waals surface area (Å²) in [5.41, 5.74) is 5.78. The zero-order valence-corrected chi connectivity index (χ0v) is 11.8. The zero-order valence-electron chi connectivity index (χ0n) is 10.2. The molecule has 0 unspecified atom stereocenters. The summed E-state index contributed by atoms with van der Waals surface area (Å²) in [6.45, 7) is 0.145. The van der Waals surface area contributed by atoms with Crippen LogP contribution in [0.3, 0.4) is 0 Å². The lowest BCUT2D eigenvalue weighted by molar-refractivity contribution is -0.385. The third-order valence-electron chi connectivity index (χ3n) is 2.53. The van der Waals surface area contributed by atoms with Gasteiger partial charge in [-0.15, -0.1) is 0 Å². The number of halogens is 2. The van der Waals surface area contributed by atoms with Crippen molar-refractivity contribution in [3.05, 3.63) is 62.4 Å². The van der Waals surface area contributed by atoms with Crippen LogP contribution in [0.15, 0.2) is 40.9 Å². The van der Waals surface area contributed by atoms with E-state index in [1.807, 2.05) is 0 Å². The Kier molecular flexibility index (Phi) is 4.31. The van der Waals surface area contributed by atoms with Gasteiger partial charge in [-0.25, -0.2) is 4.39 Å². The molecule has 104 valence electrons. The minimum absolute atomic E-state index is 0.0195. The van der Waals surface area contributed by atoms with Crippen LogP contribution in [0.25, 0.3) is 0 Å². The molecule has 0 atom stereocenters. The third-order valence-corrected chi connectivity index (χ3v) is 3.15. The van der Waals surface area contributed by atoms with Gasteiger partial charge in [0.2, 0.25) is 5.75 Å². The maximum absolute atomic E-state index is 13.4. The lowest BCUT2D eigenvalue weighted by atomic mass is 10.2. The Morgan fingerprint density at radius 2 is 2.10 bits per heavy atom. The molecular formula is C13H10BrFN2O3. The fourth-order valence-electron chi connectivity index (χ4n) is 1.66. The fraction of sp³-hybridized carbons (Fsp3) is 0.0769. The first-order valence-corrected chi connectivity index (χ1v) is 6.41. The normalized spacial score (nSPS) is 10.3. The Bertz CT molecular complexity index is 664. The molecule has 2 aromatic rings. The highest BCUT2D eigenvalue weighted by atomic mass is 79.9. The molecule has 0 aromatic heterocycles. The minimum Gasteiger partial charge on any atom is -0.449 e. The molecule has 0 amide bonds. The van der Waals surface area contributed by atoms with Crippen LogP contribution in [0.5, 0.6) is 11.5 Å². The van der Waals surface area contributed by atoms with Gasteiger partial charge in [0.1, 0.15) is 11.6 Å². The minimum atomic E-state index is -0.566. The number of nitro benzene ring substituents is 1. The van der Waals surface area contributed by atoms with Crippen LogP contribution in [-0.2, 0) is 6.54 Å². The van der Waals surface area contributed by atoms with Crippen LogP contribution < -0.4 is 10.5 Å². The van der Waals surface area contributed by atoms with Gasteiger partial charge in [-0.2, -0.15) is 0 Å². The molecule has 0 bridgehead atoms. The average Bonchev–Trinajstić information content (AvgIpc) is 2.40. The quantitative estimate of drug-likeness (QED) is 0.679. The summed E-state index contributed by atoms with van der Waals surface area (Å²) >= 11 is 3.18. The zero-order chi connectivity index (χ0) is 14.7. The van der Waals surface area contributed by atoms with Crippen molar-refractivity contribution in [2.75, 3.05) is 0 Å². The number of ether oxygens (including phenoxy) is 1. The van der Waals surface area contributed by atoms with Gasteiger partial charge in [0.15, 0.2) is 0 Å². The Hall–Kier alpha value is -1.99. The SMILES string of the molecule is NCc1cc(F)cc(Oc2c(Br)cccc2[N+](=O)[O-])c1. The number of nitro groups is 1. The molecule has 5 nitrogen and oxygen atoms in total. The second-order valence-corrected chi connectivity index (χ2v) is 4.80. The summed E-state index contributed by atoms with van der Waals surface area (Å²) in [4.78, 5) is 10.4. The lowest BCUT2D eigenvalue weighted by Crippen LogP contribution is -1.99. The Balaban J connectivity index is 2.44. The van der Waals surface area contributed by atoms with E-state index in [0.717, 1.165) is 6.07 Å². The standard InChI is InChI=1S/C13H10BrFN2O3/c14-11-2-1-3-12(17(18)19)13(11)20-10-5-8(7-16)4-9(15)6-10/h1-6H,7,16H2. The summed E-state index contributed by atoms with van der Waals surface area (Å²) in [6.07, 6.45) is 0. The van der Waals surface area contributed by atoms with Gasteiger partial charge >= 0.3 is 5.69 Å². The first-order chi connectivity index (χ1) is 9.51. The Morgan fingerprint density at radius 3 is 2.75 bits per heavy atom. The molecule has 0 fully saturated rings. The van der Waals surface area contributed by atoms with E-state index in [-0.39, 0.29) is 23.7 Å². The van der Waals surface area contributed by atoms with Gasteiger partial charge in [-0.05, 0) is 39.7 Å². The van der Waals surface area contributed by atoms with Crippen LogP contribution in [0.1, 0.15) is 5.56 Å². The monoisotopic (exact) mass is 340 g/mol. The van der Waals surface area contributed by atoms with Crippen molar-refractivity contribution in [3.8, 4) is 11.5 Å².